The van der Waals surface area contributed by atoms with E-state index in [4.69, 9.17) is 4.42 Å². The SMILES string of the molecule is CN(Cc1ccoc1CNC1CC1)Cc1nccn1C. The van der Waals surface area contributed by atoms with E-state index in [1.54, 1.807) is 6.26 Å². The van der Waals surface area contributed by atoms with Crippen molar-refractivity contribution in [1.29, 1.82) is 0 Å². The number of hydrogen-bond donors (Lipinski definition) is 1. The number of furan rings is 1. The standard InChI is InChI=1S/C15H22N4O/c1-18(11-15-16-6-7-19(15)2)10-12-5-8-20-14(12)9-17-13-3-4-13/h5-8,13,17H,3-4,9-11H2,1-2H3. The number of aryl methyl sites for hydroxylation is 1. The lowest BCUT2D eigenvalue weighted by Gasteiger charge is -2.16. The largest absolute Gasteiger partial charge is 0.468 e. The molecule has 0 saturated heterocycles. The minimum absolute atomic E-state index is 0.707. The van der Waals surface area contributed by atoms with Crippen molar-refractivity contribution >= 4 is 0 Å². The Morgan fingerprint density at radius 3 is 3.00 bits per heavy atom. The van der Waals surface area contributed by atoms with Crippen molar-refractivity contribution < 1.29 is 4.42 Å². The lowest BCUT2D eigenvalue weighted by Crippen LogP contribution is -2.21. The van der Waals surface area contributed by atoms with E-state index in [9.17, 15) is 0 Å². The highest BCUT2D eigenvalue weighted by molar-refractivity contribution is 5.17. The van der Waals surface area contributed by atoms with E-state index in [0.717, 1.165) is 31.2 Å². The zero-order valence-corrected chi connectivity index (χ0v) is 12.2. The maximum absolute atomic E-state index is 5.59. The van der Waals surface area contributed by atoms with Gasteiger partial charge in [-0.15, -0.1) is 0 Å². The Labute approximate surface area is 119 Å². The molecule has 2 heterocycles. The van der Waals surface area contributed by atoms with Crippen LogP contribution in [0.4, 0.5) is 0 Å². The van der Waals surface area contributed by atoms with Crippen LogP contribution < -0.4 is 5.32 Å². The Bertz CT molecular complexity index is 556. The van der Waals surface area contributed by atoms with Gasteiger partial charge in [-0.2, -0.15) is 0 Å². The van der Waals surface area contributed by atoms with E-state index in [-0.39, 0.29) is 0 Å². The van der Waals surface area contributed by atoms with Gasteiger partial charge in [0, 0.05) is 37.6 Å². The van der Waals surface area contributed by atoms with E-state index in [1.165, 1.54) is 18.4 Å². The Balaban J connectivity index is 1.56. The van der Waals surface area contributed by atoms with Gasteiger partial charge in [-0.3, -0.25) is 4.90 Å². The molecular formula is C15H22N4O. The fraction of sp³-hybridized carbons (Fsp3) is 0.533. The van der Waals surface area contributed by atoms with Gasteiger partial charge in [0.15, 0.2) is 0 Å². The second-order valence-electron chi connectivity index (χ2n) is 5.65. The van der Waals surface area contributed by atoms with Crippen molar-refractivity contribution in [2.24, 2.45) is 7.05 Å². The Hall–Kier alpha value is -1.59. The van der Waals surface area contributed by atoms with Crippen LogP contribution in [0.25, 0.3) is 0 Å². The molecule has 2 aromatic heterocycles. The predicted molar refractivity (Wildman–Crippen MR) is 76.9 cm³/mol. The zero-order chi connectivity index (χ0) is 13.9. The molecule has 0 amide bonds. The van der Waals surface area contributed by atoms with Crippen molar-refractivity contribution in [3.05, 3.63) is 41.9 Å². The molecule has 0 aromatic carbocycles. The van der Waals surface area contributed by atoms with E-state index < -0.39 is 0 Å². The third-order valence-corrected chi connectivity index (χ3v) is 3.74. The Kier molecular flexibility index (Phi) is 3.89. The number of nitrogens with zero attached hydrogens (tertiary/aromatic N) is 3. The quantitative estimate of drug-likeness (QED) is 0.837. The molecule has 0 radical (unpaired) electrons. The minimum Gasteiger partial charge on any atom is -0.468 e. The molecule has 1 saturated carbocycles. The first-order valence-electron chi connectivity index (χ1n) is 7.16. The van der Waals surface area contributed by atoms with Gasteiger partial charge in [-0.05, 0) is 26.0 Å². The molecule has 1 fully saturated rings. The molecule has 0 unspecified atom stereocenters. The monoisotopic (exact) mass is 274 g/mol. The first-order chi connectivity index (χ1) is 9.72. The van der Waals surface area contributed by atoms with Crippen molar-refractivity contribution in [2.45, 2.75) is 38.5 Å². The van der Waals surface area contributed by atoms with E-state index in [0.29, 0.717) is 6.04 Å². The summed E-state index contributed by atoms with van der Waals surface area (Å²) in [6, 6.07) is 2.77. The molecule has 1 N–H and O–H groups in total. The second-order valence-corrected chi connectivity index (χ2v) is 5.65. The minimum atomic E-state index is 0.707. The summed E-state index contributed by atoms with van der Waals surface area (Å²) in [6.45, 7) is 2.55. The van der Waals surface area contributed by atoms with Gasteiger partial charge in [0.2, 0.25) is 0 Å². The molecule has 20 heavy (non-hydrogen) atoms. The molecule has 0 aliphatic heterocycles. The van der Waals surface area contributed by atoms with Crippen LogP contribution in [0.2, 0.25) is 0 Å². The summed E-state index contributed by atoms with van der Waals surface area (Å²) in [5, 5.41) is 3.50. The van der Waals surface area contributed by atoms with Crippen LogP contribution in [0.1, 0.15) is 30.0 Å². The van der Waals surface area contributed by atoms with Gasteiger partial charge in [0.1, 0.15) is 11.6 Å². The summed E-state index contributed by atoms with van der Waals surface area (Å²) in [7, 11) is 4.14. The van der Waals surface area contributed by atoms with Crippen LogP contribution in [-0.2, 0) is 26.7 Å². The highest BCUT2D eigenvalue weighted by Crippen LogP contribution is 2.20. The summed E-state index contributed by atoms with van der Waals surface area (Å²) in [4.78, 5) is 6.62. The highest BCUT2D eigenvalue weighted by atomic mass is 16.3. The van der Waals surface area contributed by atoms with Crippen LogP contribution in [0.3, 0.4) is 0 Å². The predicted octanol–water partition coefficient (Wildman–Crippen LogP) is 1.90. The zero-order valence-electron chi connectivity index (χ0n) is 12.2. The molecule has 108 valence electrons. The van der Waals surface area contributed by atoms with Gasteiger partial charge in [-0.1, -0.05) is 0 Å². The first-order valence-corrected chi connectivity index (χ1v) is 7.16. The van der Waals surface area contributed by atoms with Crippen LogP contribution >= 0.6 is 0 Å². The summed E-state index contributed by atoms with van der Waals surface area (Å²) < 4.78 is 7.65. The fourth-order valence-electron chi connectivity index (χ4n) is 2.32. The van der Waals surface area contributed by atoms with Crippen molar-refractivity contribution in [1.82, 2.24) is 19.8 Å². The molecule has 5 heteroatoms. The van der Waals surface area contributed by atoms with Crippen LogP contribution in [0, 0.1) is 0 Å². The molecular weight excluding hydrogens is 252 g/mol. The fourth-order valence-corrected chi connectivity index (χ4v) is 2.32. The number of aromatic nitrogens is 2. The Morgan fingerprint density at radius 2 is 2.30 bits per heavy atom. The van der Waals surface area contributed by atoms with Crippen molar-refractivity contribution in [3.63, 3.8) is 0 Å². The maximum Gasteiger partial charge on any atom is 0.122 e. The molecule has 2 aromatic rings. The topological polar surface area (TPSA) is 46.2 Å². The Morgan fingerprint density at radius 1 is 1.45 bits per heavy atom. The molecule has 1 aliphatic rings. The molecule has 0 bridgehead atoms. The van der Waals surface area contributed by atoms with Crippen LogP contribution in [0.15, 0.2) is 29.1 Å². The molecule has 0 spiro atoms. The summed E-state index contributed by atoms with van der Waals surface area (Å²) in [5.74, 6) is 2.14. The van der Waals surface area contributed by atoms with Crippen LogP contribution in [-0.4, -0.2) is 27.5 Å². The van der Waals surface area contributed by atoms with Gasteiger partial charge >= 0.3 is 0 Å². The average Bonchev–Trinajstić information content (AvgIpc) is 3.02. The molecule has 1 aliphatic carbocycles. The first kappa shape index (κ1) is 13.4. The summed E-state index contributed by atoms with van der Waals surface area (Å²) in [5.41, 5.74) is 1.26. The lowest BCUT2D eigenvalue weighted by atomic mass is 10.2. The lowest BCUT2D eigenvalue weighted by molar-refractivity contribution is 0.303. The third kappa shape index (κ3) is 3.29. The summed E-state index contributed by atoms with van der Waals surface area (Å²) >= 11 is 0. The number of nitrogens with one attached hydrogen (secondary N) is 1. The van der Waals surface area contributed by atoms with Gasteiger partial charge in [0.05, 0.1) is 19.4 Å². The van der Waals surface area contributed by atoms with E-state index >= 15 is 0 Å². The number of hydrogen-bond acceptors (Lipinski definition) is 4. The van der Waals surface area contributed by atoms with Crippen molar-refractivity contribution in [3.8, 4) is 0 Å². The molecule has 5 nitrogen and oxygen atoms in total. The molecule has 0 atom stereocenters. The van der Waals surface area contributed by atoms with E-state index in [1.807, 2.05) is 19.4 Å². The maximum atomic E-state index is 5.59. The van der Waals surface area contributed by atoms with Gasteiger partial charge in [0.25, 0.3) is 0 Å². The highest BCUT2D eigenvalue weighted by Gasteiger charge is 2.21. The summed E-state index contributed by atoms with van der Waals surface area (Å²) in [6.07, 6.45) is 8.20. The number of imidazole rings is 1. The smallest absolute Gasteiger partial charge is 0.122 e. The van der Waals surface area contributed by atoms with Crippen LogP contribution in [0.5, 0.6) is 0 Å². The van der Waals surface area contributed by atoms with Gasteiger partial charge < -0.3 is 14.3 Å². The third-order valence-electron chi connectivity index (χ3n) is 3.74. The second kappa shape index (κ2) is 5.81. The molecule has 3 rings (SSSR count). The van der Waals surface area contributed by atoms with Crippen molar-refractivity contribution in [2.75, 3.05) is 7.05 Å². The average molecular weight is 274 g/mol. The number of rotatable bonds is 7. The van der Waals surface area contributed by atoms with Gasteiger partial charge in [-0.25, -0.2) is 4.98 Å². The van der Waals surface area contributed by atoms with E-state index in [2.05, 4.69) is 32.9 Å². The normalized spacial score (nSPS) is 15.2.